The molecule has 2 aromatic rings. The number of aromatic amines is 1. The molecule has 0 aliphatic rings. The van der Waals surface area contributed by atoms with Crippen molar-refractivity contribution in [2.45, 2.75) is 0 Å². The molecule has 0 amide bonds. The summed E-state index contributed by atoms with van der Waals surface area (Å²) >= 11 is 3.32. The van der Waals surface area contributed by atoms with Crippen LogP contribution >= 0.6 is 15.9 Å². The summed E-state index contributed by atoms with van der Waals surface area (Å²) in [6.07, 6.45) is 1.63. The van der Waals surface area contributed by atoms with Gasteiger partial charge in [0.05, 0.1) is 0 Å². The summed E-state index contributed by atoms with van der Waals surface area (Å²) < 4.78 is 0.863. The molecule has 2 rings (SSSR count). The number of nitrogens with zero attached hydrogens (tertiary/aromatic N) is 3. The van der Waals surface area contributed by atoms with Crippen LogP contribution in [-0.4, -0.2) is 15.0 Å². The van der Waals surface area contributed by atoms with Crippen molar-refractivity contribution in [2.24, 2.45) is 0 Å². The SMILES string of the molecule is N#Cc1nc2nccc(Br)c2[nH]1. The van der Waals surface area contributed by atoms with Crippen LogP contribution in [-0.2, 0) is 0 Å². The average Bonchev–Trinajstić information content (AvgIpc) is 2.49. The minimum Gasteiger partial charge on any atom is -0.327 e. The smallest absolute Gasteiger partial charge is 0.212 e. The van der Waals surface area contributed by atoms with Gasteiger partial charge < -0.3 is 4.98 Å². The van der Waals surface area contributed by atoms with Gasteiger partial charge >= 0.3 is 0 Å². The van der Waals surface area contributed by atoms with Crippen LogP contribution in [0.5, 0.6) is 0 Å². The molecular weight excluding hydrogens is 220 g/mol. The molecule has 0 unspecified atom stereocenters. The van der Waals surface area contributed by atoms with Crippen molar-refractivity contribution in [3.8, 4) is 6.07 Å². The Hall–Kier alpha value is -1.41. The van der Waals surface area contributed by atoms with Gasteiger partial charge in [-0.05, 0) is 22.0 Å². The Bertz CT molecular complexity index is 468. The molecular formula is C7H3BrN4. The number of hydrogen-bond acceptors (Lipinski definition) is 3. The summed E-state index contributed by atoms with van der Waals surface area (Å²) in [5, 5.41) is 8.54. The van der Waals surface area contributed by atoms with E-state index in [2.05, 4.69) is 30.9 Å². The Kier molecular flexibility index (Phi) is 1.55. The van der Waals surface area contributed by atoms with Crippen LogP contribution < -0.4 is 0 Å². The van der Waals surface area contributed by atoms with E-state index >= 15 is 0 Å². The highest BCUT2D eigenvalue weighted by molar-refractivity contribution is 9.10. The van der Waals surface area contributed by atoms with Gasteiger partial charge in [0.15, 0.2) is 5.65 Å². The number of hydrogen-bond donors (Lipinski definition) is 1. The fraction of sp³-hybridized carbons (Fsp3) is 0. The Balaban J connectivity index is 2.85. The molecule has 0 bridgehead atoms. The lowest BCUT2D eigenvalue weighted by Crippen LogP contribution is -1.75. The van der Waals surface area contributed by atoms with E-state index in [0.717, 1.165) is 9.99 Å². The van der Waals surface area contributed by atoms with Crippen LogP contribution in [0.2, 0.25) is 0 Å². The molecule has 5 heteroatoms. The molecule has 0 aliphatic carbocycles. The fourth-order valence-corrected chi connectivity index (χ4v) is 1.33. The first-order chi connectivity index (χ1) is 5.81. The molecule has 0 atom stereocenters. The van der Waals surface area contributed by atoms with E-state index < -0.39 is 0 Å². The molecule has 0 fully saturated rings. The largest absolute Gasteiger partial charge is 0.327 e. The van der Waals surface area contributed by atoms with Crippen molar-refractivity contribution in [2.75, 3.05) is 0 Å². The monoisotopic (exact) mass is 222 g/mol. The van der Waals surface area contributed by atoms with E-state index in [1.54, 1.807) is 12.3 Å². The molecule has 0 saturated heterocycles. The quantitative estimate of drug-likeness (QED) is 0.737. The highest BCUT2D eigenvalue weighted by Crippen LogP contribution is 2.18. The summed E-state index contributed by atoms with van der Waals surface area (Å²) in [5.74, 6) is 0.282. The Morgan fingerprint density at radius 1 is 1.58 bits per heavy atom. The fourth-order valence-electron chi connectivity index (χ4n) is 0.934. The third-order valence-electron chi connectivity index (χ3n) is 1.45. The van der Waals surface area contributed by atoms with Gasteiger partial charge in [-0.2, -0.15) is 10.2 Å². The van der Waals surface area contributed by atoms with E-state index in [0.29, 0.717) is 5.65 Å². The molecule has 12 heavy (non-hydrogen) atoms. The van der Waals surface area contributed by atoms with E-state index in [9.17, 15) is 0 Å². The van der Waals surface area contributed by atoms with Crippen molar-refractivity contribution < 1.29 is 0 Å². The maximum atomic E-state index is 8.54. The number of nitrogens with one attached hydrogen (secondary N) is 1. The lowest BCUT2D eigenvalue weighted by molar-refractivity contribution is 1.23. The van der Waals surface area contributed by atoms with Gasteiger partial charge in [0.25, 0.3) is 0 Å². The number of fused-ring (bicyclic) bond motifs is 1. The van der Waals surface area contributed by atoms with E-state index in [1.165, 1.54) is 0 Å². The van der Waals surface area contributed by atoms with Crippen molar-refractivity contribution >= 4 is 27.1 Å². The van der Waals surface area contributed by atoms with Gasteiger partial charge in [-0.3, -0.25) is 0 Å². The van der Waals surface area contributed by atoms with E-state index in [1.807, 2.05) is 6.07 Å². The average molecular weight is 223 g/mol. The van der Waals surface area contributed by atoms with Crippen LogP contribution in [0.4, 0.5) is 0 Å². The lowest BCUT2D eigenvalue weighted by Gasteiger charge is -1.88. The predicted molar refractivity (Wildman–Crippen MR) is 46.3 cm³/mol. The minimum atomic E-state index is 0.282. The first kappa shape index (κ1) is 7.25. The molecule has 1 N–H and O–H groups in total. The molecule has 0 radical (unpaired) electrons. The van der Waals surface area contributed by atoms with Gasteiger partial charge in [-0.1, -0.05) is 0 Å². The van der Waals surface area contributed by atoms with Crippen LogP contribution in [0.15, 0.2) is 16.7 Å². The summed E-state index contributed by atoms with van der Waals surface area (Å²) in [6, 6.07) is 3.71. The Morgan fingerprint density at radius 2 is 2.42 bits per heavy atom. The second-order valence-electron chi connectivity index (χ2n) is 2.19. The van der Waals surface area contributed by atoms with E-state index in [-0.39, 0.29) is 5.82 Å². The number of imidazole rings is 1. The number of halogens is 1. The number of aromatic nitrogens is 3. The number of pyridine rings is 1. The normalized spacial score (nSPS) is 10.0. The molecule has 0 saturated carbocycles. The molecule has 2 heterocycles. The highest BCUT2D eigenvalue weighted by atomic mass is 79.9. The maximum Gasteiger partial charge on any atom is 0.212 e. The van der Waals surface area contributed by atoms with Crippen molar-refractivity contribution in [1.29, 1.82) is 5.26 Å². The van der Waals surface area contributed by atoms with E-state index in [4.69, 9.17) is 5.26 Å². The Morgan fingerprint density at radius 3 is 3.08 bits per heavy atom. The molecule has 0 spiro atoms. The maximum absolute atomic E-state index is 8.54. The molecule has 0 aromatic carbocycles. The Labute approximate surface area is 76.4 Å². The van der Waals surface area contributed by atoms with Gasteiger partial charge in [-0.25, -0.2) is 4.98 Å². The molecule has 58 valence electrons. The third-order valence-corrected chi connectivity index (χ3v) is 2.11. The molecule has 2 aromatic heterocycles. The second-order valence-corrected chi connectivity index (χ2v) is 3.04. The lowest BCUT2D eigenvalue weighted by atomic mass is 10.4. The minimum absolute atomic E-state index is 0.282. The highest BCUT2D eigenvalue weighted by Gasteiger charge is 2.04. The summed E-state index contributed by atoms with van der Waals surface area (Å²) in [6.45, 7) is 0. The number of rotatable bonds is 0. The standard InChI is InChI=1S/C7H3BrN4/c8-4-1-2-10-7-6(4)11-5(3-9)12-7/h1-2H,(H,10,11,12). The molecule has 4 nitrogen and oxygen atoms in total. The zero-order valence-electron chi connectivity index (χ0n) is 5.87. The van der Waals surface area contributed by atoms with Gasteiger partial charge in [-0.15, -0.1) is 0 Å². The van der Waals surface area contributed by atoms with Crippen molar-refractivity contribution in [1.82, 2.24) is 15.0 Å². The van der Waals surface area contributed by atoms with Crippen molar-refractivity contribution in [3.05, 3.63) is 22.6 Å². The zero-order chi connectivity index (χ0) is 8.55. The van der Waals surface area contributed by atoms with Crippen LogP contribution in [0.3, 0.4) is 0 Å². The summed E-state index contributed by atoms with van der Waals surface area (Å²) in [4.78, 5) is 10.8. The van der Waals surface area contributed by atoms with Crippen LogP contribution in [0, 0.1) is 11.3 Å². The molecule has 0 aliphatic heterocycles. The number of nitriles is 1. The third kappa shape index (κ3) is 0.970. The predicted octanol–water partition coefficient (Wildman–Crippen LogP) is 1.59. The first-order valence-electron chi connectivity index (χ1n) is 3.21. The summed E-state index contributed by atoms with van der Waals surface area (Å²) in [7, 11) is 0. The first-order valence-corrected chi connectivity index (χ1v) is 4.01. The van der Waals surface area contributed by atoms with Gasteiger partial charge in [0.1, 0.15) is 11.6 Å². The van der Waals surface area contributed by atoms with Gasteiger partial charge in [0.2, 0.25) is 5.82 Å². The van der Waals surface area contributed by atoms with Crippen LogP contribution in [0.1, 0.15) is 5.82 Å². The van der Waals surface area contributed by atoms with Gasteiger partial charge in [0, 0.05) is 10.7 Å². The zero-order valence-corrected chi connectivity index (χ0v) is 7.46. The number of H-pyrrole nitrogens is 1. The summed E-state index contributed by atoms with van der Waals surface area (Å²) in [5.41, 5.74) is 1.31. The van der Waals surface area contributed by atoms with Crippen molar-refractivity contribution in [3.63, 3.8) is 0 Å². The second kappa shape index (κ2) is 2.57. The van der Waals surface area contributed by atoms with Crippen LogP contribution in [0.25, 0.3) is 11.2 Å². The topological polar surface area (TPSA) is 65.4 Å².